The highest BCUT2D eigenvalue weighted by Gasteiger charge is 2.38. The molecule has 0 heterocycles. The van der Waals surface area contributed by atoms with Crippen LogP contribution < -0.4 is 0 Å². The molecule has 4 nitrogen and oxygen atoms in total. The molecule has 0 spiro atoms. The Morgan fingerprint density at radius 2 is 1.57 bits per heavy atom. The summed E-state index contributed by atoms with van der Waals surface area (Å²) >= 11 is 0. The van der Waals surface area contributed by atoms with Gasteiger partial charge < -0.3 is 0 Å². The second-order valence-electron chi connectivity index (χ2n) is 4.65. The van der Waals surface area contributed by atoms with Gasteiger partial charge in [0.05, 0.1) is 0 Å². The fraction of sp³-hybridized carbons (Fsp3) is 0.133. The average molecular weight is 343 g/mol. The van der Waals surface area contributed by atoms with E-state index in [0.29, 0.717) is 0 Å². The van der Waals surface area contributed by atoms with Gasteiger partial charge in [0.1, 0.15) is 4.90 Å². The van der Waals surface area contributed by atoms with E-state index in [1.807, 2.05) is 0 Å². The third-order valence-electron chi connectivity index (χ3n) is 2.85. The van der Waals surface area contributed by atoms with Crippen LogP contribution in [0.25, 0.3) is 0 Å². The van der Waals surface area contributed by atoms with Gasteiger partial charge >= 0.3 is 16.3 Å². The number of hydrogen-bond donors (Lipinski definition) is 0. The van der Waals surface area contributed by atoms with Gasteiger partial charge in [-0.15, -0.1) is 0 Å². The van der Waals surface area contributed by atoms with Crippen molar-refractivity contribution in [2.75, 3.05) is 0 Å². The molecule has 0 unspecified atom stereocenters. The van der Waals surface area contributed by atoms with Crippen molar-refractivity contribution in [1.82, 2.24) is 0 Å². The normalized spacial score (nSPS) is 13.0. The highest BCUT2D eigenvalue weighted by Crippen LogP contribution is 2.24. The molecule has 0 aliphatic carbocycles. The van der Waals surface area contributed by atoms with Crippen LogP contribution >= 0.6 is 0 Å². The van der Waals surface area contributed by atoms with Crippen LogP contribution in [-0.2, 0) is 14.4 Å². The summed E-state index contributed by atoms with van der Waals surface area (Å²) in [6.07, 6.45) is -4.86. The quantitative estimate of drug-likeness (QED) is 0.629. The summed E-state index contributed by atoms with van der Waals surface area (Å²) < 4.78 is 67.2. The summed E-state index contributed by atoms with van der Waals surface area (Å²) in [6, 6.07) is 12.1. The summed E-state index contributed by atoms with van der Waals surface area (Å²) in [5.74, 6) is 0. The monoisotopic (exact) mass is 343 g/mol. The largest absolute Gasteiger partial charge is 0.437 e. The molecule has 0 aromatic heterocycles. The number of oxime groups is 1. The first-order chi connectivity index (χ1) is 10.7. The van der Waals surface area contributed by atoms with E-state index in [-0.39, 0.29) is 10.5 Å². The van der Waals surface area contributed by atoms with Crippen LogP contribution in [0.1, 0.15) is 11.1 Å². The first-order valence-corrected chi connectivity index (χ1v) is 7.82. The molecule has 2 aromatic carbocycles. The zero-order valence-corrected chi connectivity index (χ0v) is 12.7. The lowest BCUT2D eigenvalue weighted by atomic mass is 10.1. The van der Waals surface area contributed by atoms with Gasteiger partial charge in [0.25, 0.3) is 0 Å². The molecule has 0 bridgehead atoms. The van der Waals surface area contributed by atoms with Crippen LogP contribution in [0, 0.1) is 6.92 Å². The Morgan fingerprint density at radius 1 is 1.00 bits per heavy atom. The lowest BCUT2D eigenvalue weighted by Gasteiger charge is -2.10. The highest BCUT2D eigenvalue weighted by molar-refractivity contribution is 7.86. The molecule has 122 valence electrons. The Bertz CT molecular complexity index is 798. The topological polar surface area (TPSA) is 55.7 Å². The van der Waals surface area contributed by atoms with Gasteiger partial charge in [-0.25, -0.2) is 0 Å². The predicted octanol–water partition coefficient (Wildman–Crippen LogP) is 3.67. The van der Waals surface area contributed by atoms with Crippen molar-refractivity contribution in [3.63, 3.8) is 0 Å². The molecule has 0 saturated heterocycles. The third kappa shape index (κ3) is 4.32. The van der Waals surface area contributed by atoms with E-state index < -0.39 is 22.0 Å². The van der Waals surface area contributed by atoms with Gasteiger partial charge in [-0.1, -0.05) is 53.2 Å². The Balaban J connectivity index is 2.37. The Labute approximate surface area is 131 Å². The van der Waals surface area contributed by atoms with Crippen molar-refractivity contribution in [3.8, 4) is 0 Å². The lowest BCUT2D eigenvalue weighted by molar-refractivity contribution is -0.0597. The minimum atomic E-state index is -4.86. The Hall–Kier alpha value is -2.35. The van der Waals surface area contributed by atoms with Crippen molar-refractivity contribution in [2.24, 2.45) is 5.16 Å². The van der Waals surface area contributed by atoms with E-state index in [4.69, 9.17) is 0 Å². The number of aryl methyl sites for hydroxylation is 1. The zero-order valence-electron chi connectivity index (χ0n) is 11.9. The summed E-state index contributed by atoms with van der Waals surface area (Å²) in [7, 11) is -4.42. The van der Waals surface area contributed by atoms with Crippen molar-refractivity contribution >= 4 is 15.8 Å². The zero-order chi connectivity index (χ0) is 17.1. The SMILES string of the molecule is Cc1ccc(C(=NOS(=O)(=O)c2ccccc2)C(F)(F)F)cc1. The van der Waals surface area contributed by atoms with E-state index in [0.717, 1.165) is 5.56 Å². The van der Waals surface area contributed by atoms with Crippen molar-refractivity contribution < 1.29 is 25.9 Å². The van der Waals surface area contributed by atoms with Gasteiger partial charge in [-0.2, -0.15) is 21.6 Å². The molecule has 0 saturated carbocycles. The van der Waals surface area contributed by atoms with E-state index >= 15 is 0 Å². The standard InChI is InChI=1S/C15H12F3NO3S/c1-11-7-9-12(10-8-11)14(15(16,17)18)19-22-23(20,21)13-5-3-2-4-6-13/h2-10H,1H3. The molecule has 8 heteroatoms. The Morgan fingerprint density at radius 3 is 2.09 bits per heavy atom. The first-order valence-electron chi connectivity index (χ1n) is 6.41. The number of alkyl halides is 3. The molecule has 0 amide bonds. The predicted molar refractivity (Wildman–Crippen MR) is 78.5 cm³/mol. The number of hydrogen-bond acceptors (Lipinski definition) is 4. The van der Waals surface area contributed by atoms with Gasteiger partial charge in [-0.3, -0.25) is 4.28 Å². The molecule has 2 rings (SSSR count). The summed E-state index contributed by atoms with van der Waals surface area (Å²) in [6.45, 7) is 1.71. The van der Waals surface area contributed by atoms with Gasteiger partial charge in [0, 0.05) is 5.56 Å². The fourth-order valence-electron chi connectivity index (χ4n) is 1.70. The van der Waals surface area contributed by atoms with Gasteiger partial charge in [0.15, 0.2) is 5.71 Å². The van der Waals surface area contributed by atoms with E-state index in [9.17, 15) is 21.6 Å². The molecule has 23 heavy (non-hydrogen) atoms. The maximum Gasteiger partial charge on any atom is 0.437 e. The fourth-order valence-corrected chi connectivity index (χ4v) is 2.45. The van der Waals surface area contributed by atoms with Crippen LogP contribution in [-0.4, -0.2) is 20.3 Å². The van der Waals surface area contributed by atoms with Crippen LogP contribution in [0.2, 0.25) is 0 Å². The second kappa shape index (κ2) is 6.41. The van der Waals surface area contributed by atoms with Crippen molar-refractivity contribution in [1.29, 1.82) is 0 Å². The van der Waals surface area contributed by atoms with E-state index in [1.165, 1.54) is 48.5 Å². The van der Waals surface area contributed by atoms with Crippen LogP contribution in [0.4, 0.5) is 13.2 Å². The second-order valence-corrected chi connectivity index (χ2v) is 6.17. The molecule has 0 radical (unpaired) electrons. The maximum atomic E-state index is 13.1. The van der Waals surface area contributed by atoms with Crippen LogP contribution in [0.3, 0.4) is 0 Å². The van der Waals surface area contributed by atoms with E-state index in [1.54, 1.807) is 13.0 Å². The van der Waals surface area contributed by atoms with Crippen molar-refractivity contribution in [2.45, 2.75) is 18.0 Å². The first kappa shape index (κ1) is 17.0. The molecular formula is C15H12F3NO3S. The number of halogens is 3. The minimum absolute atomic E-state index is 0.283. The highest BCUT2D eigenvalue weighted by atomic mass is 32.2. The molecule has 2 aromatic rings. The maximum absolute atomic E-state index is 13.1. The Kier molecular flexibility index (Phi) is 4.74. The molecular weight excluding hydrogens is 331 g/mol. The van der Waals surface area contributed by atoms with Gasteiger partial charge in [-0.05, 0) is 19.1 Å². The lowest BCUT2D eigenvalue weighted by Crippen LogP contribution is -2.25. The smallest absolute Gasteiger partial charge is 0.264 e. The van der Waals surface area contributed by atoms with Gasteiger partial charge in [0.2, 0.25) is 0 Å². The minimum Gasteiger partial charge on any atom is -0.264 e. The average Bonchev–Trinajstić information content (AvgIpc) is 2.49. The van der Waals surface area contributed by atoms with Crippen LogP contribution in [0.15, 0.2) is 64.6 Å². The third-order valence-corrected chi connectivity index (χ3v) is 3.97. The summed E-state index contributed by atoms with van der Waals surface area (Å²) in [5, 5.41) is 2.85. The van der Waals surface area contributed by atoms with E-state index in [2.05, 4.69) is 9.44 Å². The summed E-state index contributed by atoms with van der Waals surface area (Å²) in [5.41, 5.74) is -0.948. The van der Waals surface area contributed by atoms with Crippen LogP contribution in [0.5, 0.6) is 0 Å². The number of benzene rings is 2. The molecule has 0 atom stereocenters. The molecule has 0 N–H and O–H groups in total. The summed E-state index contributed by atoms with van der Waals surface area (Å²) in [4.78, 5) is -0.283. The molecule has 0 fully saturated rings. The molecule has 0 aliphatic rings. The number of nitrogens with zero attached hydrogens (tertiary/aromatic N) is 1. The molecule has 0 aliphatic heterocycles. The number of rotatable bonds is 4. The van der Waals surface area contributed by atoms with Crippen molar-refractivity contribution in [3.05, 3.63) is 65.7 Å².